The molecule has 12 unspecified atom stereocenters. The molecule has 0 aliphatic carbocycles. The van der Waals surface area contributed by atoms with E-state index in [1.807, 2.05) is 6.08 Å². The van der Waals surface area contributed by atoms with Gasteiger partial charge in [0.05, 0.1) is 32.0 Å². The first kappa shape index (κ1) is 77.6. The van der Waals surface area contributed by atoms with Crippen LogP contribution in [0.2, 0.25) is 0 Å². The highest BCUT2D eigenvalue weighted by molar-refractivity contribution is 5.76. The zero-order valence-electron chi connectivity index (χ0n) is 53.2. The highest BCUT2D eigenvalue weighted by Crippen LogP contribution is 2.30. The van der Waals surface area contributed by atoms with Crippen molar-refractivity contribution in [1.29, 1.82) is 0 Å². The van der Waals surface area contributed by atoms with E-state index >= 15 is 0 Å². The molecule has 9 N–H and O–H groups in total. The van der Waals surface area contributed by atoms with Gasteiger partial charge in [0.25, 0.3) is 0 Å². The summed E-state index contributed by atoms with van der Waals surface area (Å²) < 4.78 is 22.8. The quantitative estimate of drug-likeness (QED) is 0.0204. The zero-order valence-corrected chi connectivity index (χ0v) is 53.2. The molecule has 83 heavy (non-hydrogen) atoms. The Morgan fingerprint density at radius 2 is 0.771 bits per heavy atom. The van der Waals surface area contributed by atoms with E-state index in [9.17, 15) is 45.6 Å². The molecule has 0 aromatic carbocycles. The van der Waals surface area contributed by atoms with Crippen molar-refractivity contribution in [3.05, 3.63) is 24.3 Å². The third-order valence-electron chi connectivity index (χ3n) is 17.4. The smallest absolute Gasteiger partial charge is 0.220 e. The van der Waals surface area contributed by atoms with Crippen molar-refractivity contribution >= 4 is 5.91 Å². The normalized spacial score (nSPS) is 23.9. The topological polar surface area (TPSA) is 228 Å². The van der Waals surface area contributed by atoms with Crippen molar-refractivity contribution in [3.8, 4) is 0 Å². The molecule has 0 saturated carbocycles. The number of carbonyl (C=O) groups is 1. The Hall–Kier alpha value is -1.53. The van der Waals surface area contributed by atoms with Gasteiger partial charge >= 0.3 is 0 Å². The third kappa shape index (κ3) is 39.2. The van der Waals surface area contributed by atoms with Gasteiger partial charge < -0.3 is 65.1 Å². The van der Waals surface area contributed by atoms with Crippen molar-refractivity contribution in [2.75, 3.05) is 19.8 Å². The lowest BCUT2D eigenvalue weighted by Crippen LogP contribution is -2.65. The van der Waals surface area contributed by atoms with Crippen LogP contribution in [0.5, 0.6) is 0 Å². The van der Waals surface area contributed by atoms with Crippen LogP contribution in [0, 0.1) is 0 Å². The number of nitrogens with one attached hydrogen (secondary N) is 1. The summed E-state index contributed by atoms with van der Waals surface area (Å²) in [6.07, 6.45) is 51.0. The van der Waals surface area contributed by atoms with Crippen LogP contribution in [0.3, 0.4) is 0 Å². The minimum atomic E-state index is -1.79. The monoisotopic (exact) mass is 1180 g/mol. The molecule has 2 fully saturated rings. The molecular formula is C69H131NO13. The highest BCUT2D eigenvalue weighted by Gasteiger charge is 2.51. The number of hydrogen-bond donors (Lipinski definition) is 9. The predicted molar refractivity (Wildman–Crippen MR) is 337 cm³/mol. The second-order valence-electron chi connectivity index (χ2n) is 25.0. The lowest BCUT2D eigenvalue weighted by molar-refractivity contribution is -0.359. The van der Waals surface area contributed by atoms with Crippen molar-refractivity contribution in [2.45, 2.75) is 389 Å². The molecule has 12 atom stereocenters. The largest absolute Gasteiger partial charge is 0.394 e. The second-order valence-corrected chi connectivity index (χ2v) is 25.0. The minimum Gasteiger partial charge on any atom is -0.394 e. The Labute approximate surface area is 507 Å². The van der Waals surface area contributed by atoms with E-state index in [2.05, 4.69) is 31.3 Å². The van der Waals surface area contributed by atoms with Crippen LogP contribution < -0.4 is 5.32 Å². The maximum atomic E-state index is 13.3. The fourth-order valence-corrected chi connectivity index (χ4v) is 11.8. The molecule has 490 valence electrons. The van der Waals surface area contributed by atoms with Gasteiger partial charge in [-0.05, 0) is 32.1 Å². The fraction of sp³-hybridized carbons (Fsp3) is 0.928. The molecule has 2 aliphatic rings. The molecule has 14 nitrogen and oxygen atoms in total. The average molecular weight is 1180 g/mol. The van der Waals surface area contributed by atoms with Gasteiger partial charge in [0.1, 0.15) is 48.8 Å². The van der Waals surface area contributed by atoms with E-state index < -0.39 is 86.8 Å². The molecule has 0 radical (unpaired) electrons. The number of carbonyl (C=O) groups excluding carboxylic acids is 1. The summed E-state index contributed by atoms with van der Waals surface area (Å²) in [5.74, 6) is -0.242. The maximum absolute atomic E-state index is 13.3. The molecule has 0 spiro atoms. The number of rotatable bonds is 58. The number of unbranched alkanes of at least 4 members (excludes halogenated alkanes) is 43. The van der Waals surface area contributed by atoms with E-state index in [1.165, 1.54) is 250 Å². The molecule has 0 aromatic heterocycles. The van der Waals surface area contributed by atoms with Gasteiger partial charge in [-0.3, -0.25) is 4.79 Å². The first-order valence-electron chi connectivity index (χ1n) is 35.1. The van der Waals surface area contributed by atoms with Crippen molar-refractivity contribution in [3.63, 3.8) is 0 Å². The highest BCUT2D eigenvalue weighted by atomic mass is 16.7. The maximum Gasteiger partial charge on any atom is 0.220 e. The first-order valence-corrected chi connectivity index (χ1v) is 35.1. The number of hydrogen-bond acceptors (Lipinski definition) is 13. The molecule has 0 aromatic rings. The summed E-state index contributed by atoms with van der Waals surface area (Å²) in [4.78, 5) is 13.3. The van der Waals surface area contributed by atoms with E-state index in [0.29, 0.717) is 12.8 Å². The molecule has 2 heterocycles. The van der Waals surface area contributed by atoms with Gasteiger partial charge in [0, 0.05) is 6.42 Å². The lowest BCUT2D eigenvalue weighted by Gasteiger charge is -2.46. The summed E-state index contributed by atoms with van der Waals surface area (Å²) in [5.41, 5.74) is 0. The van der Waals surface area contributed by atoms with Crippen LogP contribution >= 0.6 is 0 Å². The Morgan fingerprint density at radius 1 is 0.422 bits per heavy atom. The van der Waals surface area contributed by atoms with Crippen LogP contribution in [-0.2, 0) is 23.7 Å². The SMILES string of the molecule is CCCCCCCCCCCCCCCCC/C=C/CC/C=C/C(O)C(COC1OC(CO)C(OC2OC(CO)C(O)C(O)C2O)C(O)C1O)NC(=O)CCCCCCCCCCCCCCCCCCCCCCCCCCCCCC. The molecular weight excluding hydrogens is 1050 g/mol. The molecule has 2 saturated heterocycles. The van der Waals surface area contributed by atoms with E-state index in [4.69, 9.17) is 18.9 Å². The molecule has 1 amide bonds. The average Bonchev–Trinajstić information content (AvgIpc) is 3.59. The second kappa shape index (κ2) is 54.6. The van der Waals surface area contributed by atoms with Crippen LogP contribution in [0.25, 0.3) is 0 Å². The summed E-state index contributed by atoms with van der Waals surface area (Å²) in [6, 6.07) is -0.929. The number of aliphatic hydroxyl groups excluding tert-OH is 8. The summed E-state index contributed by atoms with van der Waals surface area (Å²) >= 11 is 0. The first-order chi connectivity index (χ1) is 40.6. The van der Waals surface area contributed by atoms with E-state index in [-0.39, 0.29) is 18.9 Å². The van der Waals surface area contributed by atoms with Gasteiger partial charge in [-0.2, -0.15) is 0 Å². The number of ether oxygens (including phenoxy) is 4. The van der Waals surface area contributed by atoms with Gasteiger partial charge in [0.15, 0.2) is 12.6 Å². The third-order valence-corrected chi connectivity index (χ3v) is 17.4. The molecule has 2 aliphatic heterocycles. The zero-order chi connectivity index (χ0) is 60.2. The van der Waals surface area contributed by atoms with Crippen LogP contribution in [0.4, 0.5) is 0 Å². The lowest BCUT2D eigenvalue weighted by atomic mass is 9.97. The van der Waals surface area contributed by atoms with Crippen molar-refractivity contribution in [2.24, 2.45) is 0 Å². The van der Waals surface area contributed by atoms with E-state index in [1.54, 1.807) is 6.08 Å². The van der Waals surface area contributed by atoms with Gasteiger partial charge in [-0.25, -0.2) is 0 Å². The van der Waals surface area contributed by atoms with Crippen LogP contribution in [-0.4, -0.2) is 140 Å². The van der Waals surface area contributed by atoms with Gasteiger partial charge in [0.2, 0.25) is 5.91 Å². The van der Waals surface area contributed by atoms with Crippen molar-refractivity contribution in [1.82, 2.24) is 5.32 Å². The summed E-state index contributed by atoms with van der Waals surface area (Å²) in [6.45, 7) is 2.84. The van der Waals surface area contributed by atoms with Crippen LogP contribution in [0.15, 0.2) is 24.3 Å². The van der Waals surface area contributed by atoms with Crippen molar-refractivity contribution < 1.29 is 64.6 Å². The summed E-state index contributed by atoms with van der Waals surface area (Å²) in [7, 11) is 0. The Morgan fingerprint density at radius 3 is 1.18 bits per heavy atom. The molecule has 2 rings (SSSR count). The number of amides is 1. The predicted octanol–water partition coefficient (Wildman–Crippen LogP) is 14.0. The standard InChI is InChI=1S/C69H131NO13/c1-3-5-7-9-11-13-15-17-19-21-23-25-26-27-28-29-30-31-33-35-37-39-41-43-45-47-49-51-53-61(74)70-57(58(73)52-50-48-46-44-42-40-38-36-34-32-24-22-20-18-16-14-12-10-8-6-4-2)56-80-68-66(79)64(77)67(60(55-72)82-68)83-69-65(78)63(76)62(75)59(54-71)81-69/h42,44,50,52,57-60,62-69,71-73,75-79H,3-41,43,45-49,51,53-56H2,1-2H3,(H,70,74)/b44-42+,52-50+. The summed E-state index contributed by atoms with van der Waals surface area (Å²) in [5, 5.41) is 87.4. The van der Waals surface area contributed by atoms with E-state index in [0.717, 1.165) is 32.1 Å². The Bertz CT molecular complexity index is 1490. The molecule has 14 heteroatoms. The molecule has 0 bridgehead atoms. The van der Waals surface area contributed by atoms with Gasteiger partial charge in [-0.15, -0.1) is 0 Å². The number of allylic oxidation sites excluding steroid dienone is 3. The van der Waals surface area contributed by atoms with Crippen LogP contribution in [0.1, 0.15) is 316 Å². The Kier molecular flexibility index (Phi) is 51.0. The Balaban J connectivity index is 1.68. The fourth-order valence-electron chi connectivity index (χ4n) is 11.8. The number of aliphatic hydroxyl groups is 8. The minimum absolute atomic E-state index is 0.242. The van der Waals surface area contributed by atoms with Gasteiger partial charge in [-0.1, -0.05) is 301 Å².